The second kappa shape index (κ2) is 2.37. The molecule has 12 heavy (non-hydrogen) atoms. The highest BCUT2D eigenvalue weighted by molar-refractivity contribution is 5.70. The third kappa shape index (κ3) is 0.795. The van der Waals surface area contributed by atoms with Gasteiger partial charge >= 0.3 is 0 Å². The van der Waals surface area contributed by atoms with E-state index >= 15 is 0 Å². The van der Waals surface area contributed by atoms with Crippen molar-refractivity contribution >= 4 is 11.9 Å². The molecule has 0 aromatic carbocycles. The molecule has 0 radical (unpaired) electrons. The van der Waals surface area contributed by atoms with Gasteiger partial charge < -0.3 is 0 Å². The minimum Gasteiger partial charge on any atom is -0.294 e. The van der Waals surface area contributed by atoms with Gasteiger partial charge in [0.2, 0.25) is 11.8 Å². The zero-order chi connectivity index (χ0) is 8.55. The summed E-state index contributed by atoms with van der Waals surface area (Å²) in [7, 11) is 0. The normalized spacial score (nSPS) is 10.4. The van der Waals surface area contributed by atoms with Crippen LogP contribution in [0.15, 0.2) is 18.2 Å². The van der Waals surface area contributed by atoms with Gasteiger partial charge in [0.25, 0.3) is 0 Å². The van der Waals surface area contributed by atoms with E-state index in [0.717, 1.165) is 4.40 Å². The lowest BCUT2D eigenvalue weighted by Gasteiger charge is -1.93. The maximum atomic E-state index is 13.0. The molecular formula is C7H4FN3O. The Labute approximate surface area is 66.6 Å². The van der Waals surface area contributed by atoms with Crippen molar-refractivity contribution in [1.82, 2.24) is 14.6 Å². The van der Waals surface area contributed by atoms with Gasteiger partial charge in [0.1, 0.15) is 0 Å². The Morgan fingerprint density at radius 2 is 2.25 bits per heavy atom. The van der Waals surface area contributed by atoms with Crippen LogP contribution in [-0.4, -0.2) is 20.9 Å². The first-order chi connectivity index (χ1) is 5.83. The van der Waals surface area contributed by atoms with Crippen molar-refractivity contribution in [3.63, 3.8) is 0 Å². The van der Waals surface area contributed by atoms with Crippen LogP contribution in [0.25, 0.3) is 5.65 Å². The first-order valence-corrected chi connectivity index (χ1v) is 3.28. The summed E-state index contributed by atoms with van der Waals surface area (Å²) in [5, 5.41) is 7.07. The van der Waals surface area contributed by atoms with Crippen molar-refractivity contribution in [1.29, 1.82) is 0 Å². The number of halogens is 1. The molecule has 0 saturated heterocycles. The maximum absolute atomic E-state index is 13.0. The topological polar surface area (TPSA) is 47.3 Å². The van der Waals surface area contributed by atoms with Crippen LogP contribution in [0, 0.1) is 5.95 Å². The number of rotatable bonds is 1. The molecular weight excluding hydrogens is 161 g/mol. The molecule has 0 bridgehead atoms. The summed E-state index contributed by atoms with van der Waals surface area (Å²) < 4.78 is 14.0. The molecule has 0 aliphatic rings. The Bertz CT molecular complexity index is 437. The molecule has 0 spiro atoms. The fourth-order valence-electron chi connectivity index (χ4n) is 1.00. The molecule has 2 aromatic heterocycles. The Kier molecular flexibility index (Phi) is 1.36. The number of carbonyl (C=O) groups is 1. The van der Waals surface area contributed by atoms with Gasteiger partial charge in [-0.3, -0.25) is 4.79 Å². The van der Waals surface area contributed by atoms with Gasteiger partial charge in [-0.1, -0.05) is 6.07 Å². The number of carbonyl (C=O) groups excluding carboxylic acids is 1. The summed E-state index contributed by atoms with van der Waals surface area (Å²) in [6.45, 7) is 0. The summed E-state index contributed by atoms with van der Waals surface area (Å²) in [6, 6.07) is 4.32. The predicted octanol–water partition coefficient (Wildman–Crippen LogP) is 0.681. The van der Waals surface area contributed by atoms with Gasteiger partial charge in [-0.05, 0) is 12.1 Å². The monoisotopic (exact) mass is 165 g/mol. The molecule has 0 fully saturated rings. The van der Waals surface area contributed by atoms with Gasteiger partial charge in [0, 0.05) is 0 Å². The van der Waals surface area contributed by atoms with E-state index in [9.17, 15) is 9.18 Å². The zero-order valence-corrected chi connectivity index (χ0v) is 5.94. The van der Waals surface area contributed by atoms with Crippen LogP contribution >= 0.6 is 0 Å². The van der Waals surface area contributed by atoms with Crippen molar-refractivity contribution in [2.45, 2.75) is 0 Å². The molecule has 2 aromatic rings. The second-order valence-electron chi connectivity index (χ2n) is 2.22. The van der Waals surface area contributed by atoms with E-state index < -0.39 is 5.95 Å². The third-order valence-corrected chi connectivity index (χ3v) is 1.51. The molecule has 2 rings (SSSR count). The number of hydrogen-bond acceptors (Lipinski definition) is 3. The van der Waals surface area contributed by atoms with Crippen molar-refractivity contribution in [3.05, 3.63) is 30.0 Å². The van der Waals surface area contributed by atoms with Crippen molar-refractivity contribution < 1.29 is 9.18 Å². The molecule has 0 N–H and O–H groups in total. The molecule has 60 valence electrons. The van der Waals surface area contributed by atoms with E-state index in [0.29, 0.717) is 11.9 Å². The minimum atomic E-state index is -0.542. The highest BCUT2D eigenvalue weighted by Crippen LogP contribution is 2.04. The first-order valence-electron chi connectivity index (χ1n) is 3.28. The van der Waals surface area contributed by atoms with E-state index in [1.54, 1.807) is 6.07 Å². The summed E-state index contributed by atoms with van der Waals surface area (Å²) in [4.78, 5) is 10.3. The summed E-state index contributed by atoms with van der Waals surface area (Å²) in [5.41, 5.74) is 0.331. The van der Waals surface area contributed by atoms with Crippen LogP contribution in [0.2, 0.25) is 0 Å². The van der Waals surface area contributed by atoms with E-state index in [2.05, 4.69) is 10.2 Å². The molecule has 5 heteroatoms. The highest BCUT2D eigenvalue weighted by atomic mass is 19.1. The van der Waals surface area contributed by atoms with E-state index in [4.69, 9.17) is 0 Å². The predicted molar refractivity (Wildman–Crippen MR) is 38.3 cm³/mol. The van der Waals surface area contributed by atoms with Crippen molar-refractivity contribution in [3.8, 4) is 0 Å². The van der Waals surface area contributed by atoms with Crippen LogP contribution in [0.1, 0.15) is 10.6 Å². The minimum absolute atomic E-state index is 0.0249. The molecule has 0 unspecified atom stereocenters. The fraction of sp³-hybridized carbons (Fsp3) is 0. The van der Waals surface area contributed by atoms with Crippen LogP contribution < -0.4 is 0 Å². The number of aldehydes is 1. The van der Waals surface area contributed by atoms with E-state index in [-0.39, 0.29) is 5.82 Å². The Morgan fingerprint density at radius 3 is 3.00 bits per heavy atom. The van der Waals surface area contributed by atoms with Crippen LogP contribution in [0.5, 0.6) is 0 Å². The van der Waals surface area contributed by atoms with Crippen LogP contribution in [0.3, 0.4) is 0 Å². The maximum Gasteiger partial charge on any atom is 0.203 e. The van der Waals surface area contributed by atoms with Crippen LogP contribution in [-0.2, 0) is 0 Å². The second-order valence-corrected chi connectivity index (χ2v) is 2.22. The Balaban J connectivity index is 2.91. The lowest BCUT2D eigenvalue weighted by Crippen LogP contribution is -1.96. The van der Waals surface area contributed by atoms with Gasteiger partial charge in [0.05, 0.1) is 0 Å². The molecule has 4 nitrogen and oxygen atoms in total. The number of pyridine rings is 1. The molecule has 0 amide bonds. The summed E-state index contributed by atoms with van der Waals surface area (Å²) in [5.74, 6) is -0.567. The van der Waals surface area contributed by atoms with E-state index in [1.807, 2.05) is 0 Å². The lowest BCUT2D eigenvalue weighted by molar-refractivity contribution is 0.111. The Hall–Kier alpha value is -1.78. The average Bonchev–Trinajstić information content (AvgIpc) is 2.49. The molecule has 2 heterocycles. The van der Waals surface area contributed by atoms with Crippen molar-refractivity contribution in [2.24, 2.45) is 0 Å². The average molecular weight is 165 g/mol. The number of nitrogens with zero attached hydrogens (tertiary/aromatic N) is 3. The van der Waals surface area contributed by atoms with E-state index in [1.165, 1.54) is 12.1 Å². The number of fused-ring (bicyclic) bond motifs is 1. The van der Waals surface area contributed by atoms with Gasteiger partial charge in [-0.15, -0.1) is 10.2 Å². The number of hydrogen-bond donors (Lipinski definition) is 0. The van der Waals surface area contributed by atoms with Gasteiger partial charge in [-0.2, -0.15) is 4.39 Å². The first kappa shape index (κ1) is 6.90. The Morgan fingerprint density at radius 1 is 1.42 bits per heavy atom. The molecule has 0 atom stereocenters. The summed E-state index contributed by atoms with van der Waals surface area (Å²) >= 11 is 0. The third-order valence-electron chi connectivity index (χ3n) is 1.51. The zero-order valence-electron chi connectivity index (χ0n) is 5.94. The molecule has 0 saturated carbocycles. The van der Waals surface area contributed by atoms with Crippen LogP contribution in [0.4, 0.5) is 4.39 Å². The quantitative estimate of drug-likeness (QED) is 0.461. The van der Waals surface area contributed by atoms with Gasteiger partial charge in [-0.25, -0.2) is 4.40 Å². The molecule has 0 aliphatic heterocycles. The highest BCUT2D eigenvalue weighted by Gasteiger charge is 2.06. The standard InChI is InChI=1S/C7H4FN3O/c8-5-2-1-3-6-9-10-7(4-12)11(5)6/h1-4H. The largest absolute Gasteiger partial charge is 0.294 e. The van der Waals surface area contributed by atoms with Crippen molar-refractivity contribution in [2.75, 3.05) is 0 Å². The fourth-order valence-corrected chi connectivity index (χ4v) is 1.00. The SMILES string of the molecule is O=Cc1nnc2cccc(F)n12. The smallest absolute Gasteiger partial charge is 0.203 e. The number of aromatic nitrogens is 3. The van der Waals surface area contributed by atoms with Gasteiger partial charge in [0.15, 0.2) is 11.9 Å². The summed E-state index contributed by atoms with van der Waals surface area (Å²) in [6.07, 6.45) is 0.461. The molecule has 0 aliphatic carbocycles. The lowest BCUT2D eigenvalue weighted by atomic mass is 10.4.